The zero-order valence-electron chi connectivity index (χ0n) is 14.1. The third-order valence-corrected chi connectivity index (χ3v) is 5.10. The Morgan fingerprint density at radius 3 is 2.85 bits per heavy atom. The van der Waals surface area contributed by atoms with Crippen LogP contribution >= 0.6 is 11.3 Å². The second kappa shape index (κ2) is 7.24. The first-order chi connectivity index (χ1) is 13.1. The largest absolute Gasteiger partial charge is 0.326 e. The number of hydrogen-bond donors (Lipinski definition) is 2. The Kier molecular flexibility index (Phi) is 4.64. The fourth-order valence-electron chi connectivity index (χ4n) is 3.01. The summed E-state index contributed by atoms with van der Waals surface area (Å²) in [6, 6.07) is 13.9. The van der Waals surface area contributed by atoms with Crippen LogP contribution in [0, 0.1) is 5.82 Å². The summed E-state index contributed by atoms with van der Waals surface area (Å²) in [5, 5.41) is 14.6. The number of anilines is 2. The van der Waals surface area contributed by atoms with Crippen molar-refractivity contribution in [2.45, 2.75) is 18.8 Å². The monoisotopic (exact) mass is 382 g/mol. The van der Waals surface area contributed by atoms with Crippen LogP contribution in [0.4, 0.5) is 15.2 Å². The molecule has 1 atom stereocenters. The molecule has 27 heavy (non-hydrogen) atoms. The number of benzene rings is 2. The van der Waals surface area contributed by atoms with E-state index in [4.69, 9.17) is 0 Å². The maximum atomic E-state index is 13.4. The van der Waals surface area contributed by atoms with Gasteiger partial charge in [0.25, 0.3) is 0 Å². The molecule has 1 aromatic heterocycles. The first kappa shape index (κ1) is 17.3. The first-order valence-electron chi connectivity index (χ1n) is 8.35. The highest BCUT2D eigenvalue weighted by Gasteiger charge is 2.31. The van der Waals surface area contributed by atoms with Gasteiger partial charge in [0, 0.05) is 18.5 Å². The molecular formula is C19H15FN4O2S. The molecule has 1 aliphatic heterocycles. The van der Waals surface area contributed by atoms with Crippen molar-refractivity contribution in [1.29, 1.82) is 0 Å². The second-order valence-electron chi connectivity index (χ2n) is 6.19. The van der Waals surface area contributed by atoms with E-state index >= 15 is 0 Å². The lowest BCUT2D eigenvalue weighted by molar-refractivity contribution is -0.123. The Morgan fingerprint density at radius 2 is 2.04 bits per heavy atom. The van der Waals surface area contributed by atoms with Gasteiger partial charge in [-0.25, -0.2) is 4.39 Å². The molecule has 4 rings (SSSR count). The van der Waals surface area contributed by atoms with Crippen molar-refractivity contribution in [3.63, 3.8) is 0 Å². The molecule has 0 fully saturated rings. The van der Waals surface area contributed by atoms with E-state index in [0.717, 1.165) is 10.6 Å². The third-order valence-electron chi connectivity index (χ3n) is 4.27. The normalized spacial score (nSPS) is 15.7. The molecular weight excluding hydrogens is 367 g/mol. The van der Waals surface area contributed by atoms with Crippen molar-refractivity contribution in [3.05, 3.63) is 70.5 Å². The van der Waals surface area contributed by atoms with Crippen LogP contribution in [0.5, 0.6) is 0 Å². The van der Waals surface area contributed by atoms with Crippen molar-refractivity contribution in [2.75, 3.05) is 10.6 Å². The number of hydrogen-bond acceptors (Lipinski definition) is 5. The molecule has 3 aromatic rings. The molecule has 2 amide bonds. The third kappa shape index (κ3) is 3.85. The Balaban J connectivity index is 1.49. The summed E-state index contributed by atoms with van der Waals surface area (Å²) >= 11 is 1.29. The van der Waals surface area contributed by atoms with E-state index in [-0.39, 0.29) is 18.2 Å². The Hall–Kier alpha value is -3.13. The molecule has 0 saturated carbocycles. The van der Waals surface area contributed by atoms with E-state index < -0.39 is 11.7 Å². The molecule has 2 N–H and O–H groups in total. The van der Waals surface area contributed by atoms with Crippen molar-refractivity contribution in [1.82, 2.24) is 10.2 Å². The molecule has 1 unspecified atom stereocenters. The van der Waals surface area contributed by atoms with Gasteiger partial charge >= 0.3 is 0 Å². The van der Waals surface area contributed by atoms with E-state index in [1.807, 2.05) is 30.3 Å². The van der Waals surface area contributed by atoms with Crippen LogP contribution in [0.3, 0.4) is 0 Å². The Labute approximate surface area is 158 Å². The number of fused-ring (bicyclic) bond motifs is 1. The molecule has 0 spiro atoms. The van der Waals surface area contributed by atoms with Gasteiger partial charge in [-0.2, -0.15) is 0 Å². The van der Waals surface area contributed by atoms with E-state index in [9.17, 15) is 14.0 Å². The summed E-state index contributed by atoms with van der Waals surface area (Å²) in [4.78, 5) is 24.6. The number of nitrogens with zero attached hydrogens (tertiary/aromatic N) is 2. The number of amides is 2. The standard InChI is InChI=1S/C19H15FN4O2S/c20-12-6-7-13-14(10-16(25)21-15(13)9-12)18(26)22-19-24-23-17(27-19)8-11-4-2-1-3-5-11/h1-7,9,14H,8,10H2,(H,21,25)(H,22,24,26). The van der Waals surface area contributed by atoms with Gasteiger partial charge in [0.2, 0.25) is 16.9 Å². The minimum atomic E-state index is -0.698. The number of rotatable bonds is 4. The van der Waals surface area contributed by atoms with Gasteiger partial charge in [0.05, 0.1) is 5.92 Å². The van der Waals surface area contributed by atoms with Gasteiger partial charge < -0.3 is 5.32 Å². The average molecular weight is 382 g/mol. The molecule has 0 bridgehead atoms. The summed E-state index contributed by atoms with van der Waals surface area (Å²) in [7, 11) is 0. The molecule has 0 saturated heterocycles. The van der Waals surface area contributed by atoms with Gasteiger partial charge in [0.15, 0.2) is 0 Å². The summed E-state index contributed by atoms with van der Waals surface area (Å²) < 4.78 is 13.4. The lowest BCUT2D eigenvalue weighted by atomic mass is 9.90. The summed E-state index contributed by atoms with van der Waals surface area (Å²) in [6.45, 7) is 0. The highest BCUT2D eigenvalue weighted by molar-refractivity contribution is 7.15. The smallest absolute Gasteiger partial charge is 0.234 e. The fourth-order valence-corrected chi connectivity index (χ4v) is 3.79. The zero-order valence-corrected chi connectivity index (χ0v) is 14.9. The van der Waals surface area contributed by atoms with Crippen molar-refractivity contribution in [2.24, 2.45) is 0 Å². The zero-order chi connectivity index (χ0) is 18.8. The van der Waals surface area contributed by atoms with Crippen LogP contribution < -0.4 is 10.6 Å². The summed E-state index contributed by atoms with van der Waals surface area (Å²) in [5.74, 6) is -1.85. The summed E-state index contributed by atoms with van der Waals surface area (Å²) in [6.07, 6.45) is 0.627. The number of nitrogens with one attached hydrogen (secondary N) is 2. The van der Waals surface area contributed by atoms with Crippen LogP contribution in [-0.2, 0) is 16.0 Å². The highest BCUT2D eigenvalue weighted by atomic mass is 32.1. The first-order valence-corrected chi connectivity index (χ1v) is 9.16. The molecule has 6 nitrogen and oxygen atoms in total. The minimum Gasteiger partial charge on any atom is -0.326 e. The highest BCUT2D eigenvalue weighted by Crippen LogP contribution is 2.33. The number of carbonyl (C=O) groups is 2. The lowest BCUT2D eigenvalue weighted by Gasteiger charge is -2.24. The molecule has 0 aliphatic carbocycles. The van der Waals surface area contributed by atoms with Crippen LogP contribution in [0.2, 0.25) is 0 Å². The van der Waals surface area contributed by atoms with E-state index in [2.05, 4.69) is 20.8 Å². The van der Waals surface area contributed by atoms with E-state index in [1.165, 1.54) is 29.5 Å². The number of halogens is 1. The quantitative estimate of drug-likeness (QED) is 0.725. The molecule has 136 valence electrons. The van der Waals surface area contributed by atoms with Gasteiger partial charge in [-0.15, -0.1) is 10.2 Å². The number of carbonyl (C=O) groups excluding carboxylic acids is 2. The van der Waals surface area contributed by atoms with Crippen LogP contribution in [-0.4, -0.2) is 22.0 Å². The molecule has 2 aromatic carbocycles. The van der Waals surface area contributed by atoms with Crippen molar-refractivity contribution in [3.8, 4) is 0 Å². The van der Waals surface area contributed by atoms with Crippen LogP contribution in [0.1, 0.15) is 28.5 Å². The summed E-state index contributed by atoms with van der Waals surface area (Å²) in [5.41, 5.74) is 2.02. The van der Waals surface area contributed by atoms with E-state index in [0.29, 0.717) is 22.8 Å². The molecule has 2 heterocycles. The second-order valence-corrected chi connectivity index (χ2v) is 7.25. The van der Waals surface area contributed by atoms with Gasteiger partial charge in [-0.3, -0.25) is 14.9 Å². The minimum absolute atomic E-state index is 0.000141. The van der Waals surface area contributed by atoms with Crippen molar-refractivity contribution >= 4 is 34.0 Å². The maximum absolute atomic E-state index is 13.4. The molecule has 0 radical (unpaired) electrons. The Morgan fingerprint density at radius 1 is 1.22 bits per heavy atom. The van der Waals surface area contributed by atoms with Gasteiger partial charge in [-0.1, -0.05) is 47.7 Å². The lowest BCUT2D eigenvalue weighted by Crippen LogP contribution is -2.30. The van der Waals surface area contributed by atoms with Crippen LogP contribution in [0.15, 0.2) is 48.5 Å². The van der Waals surface area contributed by atoms with E-state index in [1.54, 1.807) is 0 Å². The SMILES string of the molecule is O=C1CC(C(=O)Nc2nnc(Cc3ccccc3)s2)c2ccc(F)cc2N1. The molecule has 1 aliphatic rings. The fraction of sp³-hybridized carbons (Fsp3) is 0.158. The predicted molar refractivity (Wildman–Crippen MR) is 100 cm³/mol. The van der Waals surface area contributed by atoms with Gasteiger partial charge in [0.1, 0.15) is 10.8 Å². The van der Waals surface area contributed by atoms with Crippen LogP contribution in [0.25, 0.3) is 0 Å². The Bertz CT molecular complexity index is 1010. The van der Waals surface area contributed by atoms with Gasteiger partial charge in [-0.05, 0) is 23.3 Å². The maximum Gasteiger partial charge on any atom is 0.234 e. The predicted octanol–water partition coefficient (Wildman–Crippen LogP) is 3.33. The van der Waals surface area contributed by atoms with Crippen molar-refractivity contribution < 1.29 is 14.0 Å². The topological polar surface area (TPSA) is 84.0 Å². The average Bonchev–Trinajstić information content (AvgIpc) is 3.08. The number of aromatic nitrogens is 2. The molecule has 8 heteroatoms.